The highest BCUT2D eigenvalue weighted by molar-refractivity contribution is 7.88. The molecule has 1 atom stereocenters. The lowest BCUT2D eigenvalue weighted by Gasteiger charge is -2.33. The van der Waals surface area contributed by atoms with E-state index in [1.54, 1.807) is 10.4 Å². The molecule has 0 spiro atoms. The van der Waals surface area contributed by atoms with E-state index >= 15 is 0 Å². The summed E-state index contributed by atoms with van der Waals surface area (Å²) in [4.78, 5) is 12.4. The van der Waals surface area contributed by atoms with Gasteiger partial charge in [0.05, 0.1) is 12.9 Å². The monoisotopic (exact) mass is 366 g/mol. The van der Waals surface area contributed by atoms with Crippen molar-refractivity contribution in [3.05, 3.63) is 29.3 Å². The largest absolute Gasteiger partial charge is 0.493 e. The van der Waals surface area contributed by atoms with Crippen molar-refractivity contribution in [2.45, 2.75) is 44.6 Å². The Morgan fingerprint density at radius 2 is 2.16 bits per heavy atom. The van der Waals surface area contributed by atoms with Crippen molar-refractivity contribution in [2.75, 3.05) is 26.0 Å². The van der Waals surface area contributed by atoms with E-state index in [2.05, 4.69) is 5.32 Å². The molecule has 25 heavy (non-hydrogen) atoms. The van der Waals surface area contributed by atoms with Gasteiger partial charge in [0, 0.05) is 24.7 Å². The van der Waals surface area contributed by atoms with Crippen LogP contribution in [0.3, 0.4) is 0 Å². The number of nitrogens with zero attached hydrogens (tertiary/aromatic N) is 1. The van der Waals surface area contributed by atoms with Crippen LogP contribution >= 0.6 is 0 Å². The van der Waals surface area contributed by atoms with Crippen molar-refractivity contribution in [2.24, 2.45) is 0 Å². The lowest BCUT2D eigenvalue weighted by molar-refractivity contribution is 0.0949. The highest BCUT2D eigenvalue weighted by atomic mass is 32.2. The van der Waals surface area contributed by atoms with E-state index in [0.29, 0.717) is 25.1 Å². The minimum atomic E-state index is -3.18. The number of hydrogen-bond donors (Lipinski definition) is 1. The van der Waals surface area contributed by atoms with Crippen LogP contribution in [0.25, 0.3) is 0 Å². The van der Waals surface area contributed by atoms with Crippen LogP contribution in [-0.4, -0.2) is 50.6 Å². The standard InChI is InChI=1S/C18H26N2O4S/c1-25(22,23)20-11-3-2-6-16(20)9-10-19-18(21)15-7-8-17-14(13-15)5-4-12-24-17/h7-8,13,16H,2-6,9-12H2,1H3,(H,19,21)/t16-/m1/s1. The van der Waals surface area contributed by atoms with E-state index in [9.17, 15) is 13.2 Å². The summed E-state index contributed by atoms with van der Waals surface area (Å²) in [6, 6.07) is 5.52. The quantitative estimate of drug-likeness (QED) is 0.864. The van der Waals surface area contributed by atoms with Crippen molar-refractivity contribution < 1.29 is 17.9 Å². The van der Waals surface area contributed by atoms with Crippen LogP contribution in [0.2, 0.25) is 0 Å². The molecule has 1 fully saturated rings. The lowest BCUT2D eigenvalue weighted by atomic mass is 10.0. The molecule has 1 aromatic carbocycles. The fourth-order valence-corrected chi connectivity index (χ4v) is 4.87. The highest BCUT2D eigenvalue weighted by Gasteiger charge is 2.28. The molecule has 2 aliphatic heterocycles. The first-order chi connectivity index (χ1) is 11.9. The number of carbonyl (C=O) groups excluding carboxylic acids is 1. The average Bonchev–Trinajstić information content (AvgIpc) is 2.60. The number of nitrogens with one attached hydrogen (secondary N) is 1. The maximum absolute atomic E-state index is 12.4. The number of rotatable bonds is 5. The summed E-state index contributed by atoms with van der Waals surface area (Å²) >= 11 is 0. The Hall–Kier alpha value is -1.60. The first-order valence-electron chi connectivity index (χ1n) is 8.96. The zero-order valence-electron chi connectivity index (χ0n) is 14.7. The molecule has 1 amide bonds. The first-order valence-corrected chi connectivity index (χ1v) is 10.8. The molecule has 138 valence electrons. The molecule has 1 aromatic rings. The van der Waals surface area contributed by atoms with Gasteiger partial charge < -0.3 is 10.1 Å². The molecular formula is C18H26N2O4S. The zero-order chi connectivity index (χ0) is 17.9. The van der Waals surface area contributed by atoms with E-state index in [4.69, 9.17) is 4.74 Å². The van der Waals surface area contributed by atoms with Gasteiger partial charge in [-0.05, 0) is 55.9 Å². The van der Waals surface area contributed by atoms with Gasteiger partial charge in [-0.25, -0.2) is 8.42 Å². The van der Waals surface area contributed by atoms with E-state index < -0.39 is 10.0 Å². The van der Waals surface area contributed by atoms with Crippen molar-refractivity contribution in [1.29, 1.82) is 0 Å². The summed E-state index contributed by atoms with van der Waals surface area (Å²) in [7, 11) is -3.18. The molecule has 1 saturated heterocycles. The number of hydrogen-bond acceptors (Lipinski definition) is 4. The number of piperidine rings is 1. The second-order valence-electron chi connectivity index (χ2n) is 6.84. The van der Waals surface area contributed by atoms with Crippen LogP contribution in [0.4, 0.5) is 0 Å². The smallest absolute Gasteiger partial charge is 0.251 e. The molecule has 0 saturated carbocycles. The molecule has 0 bridgehead atoms. The number of amides is 1. The zero-order valence-corrected chi connectivity index (χ0v) is 15.5. The van der Waals surface area contributed by atoms with Gasteiger partial charge in [0.25, 0.3) is 5.91 Å². The fourth-order valence-electron chi connectivity index (χ4n) is 3.66. The Kier molecular flexibility index (Phi) is 5.64. The second-order valence-corrected chi connectivity index (χ2v) is 8.78. The third kappa shape index (κ3) is 4.52. The molecule has 0 radical (unpaired) electrons. The first kappa shape index (κ1) is 18.2. The van der Waals surface area contributed by atoms with Gasteiger partial charge in [0.15, 0.2) is 0 Å². The predicted octanol–water partition coefficient (Wildman–Crippen LogP) is 1.95. The molecule has 0 unspecified atom stereocenters. The molecule has 6 nitrogen and oxygen atoms in total. The van der Waals surface area contributed by atoms with E-state index in [0.717, 1.165) is 50.0 Å². The van der Waals surface area contributed by atoms with Gasteiger partial charge in [-0.1, -0.05) is 6.42 Å². The Balaban J connectivity index is 1.55. The maximum Gasteiger partial charge on any atom is 0.251 e. The number of carbonyl (C=O) groups is 1. The van der Waals surface area contributed by atoms with Crippen molar-refractivity contribution in [3.8, 4) is 5.75 Å². The summed E-state index contributed by atoms with van der Waals surface area (Å²) in [6.45, 7) is 1.79. The Morgan fingerprint density at radius 1 is 1.32 bits per heavy atom. The molecule has 1 N–H and O–H groups in total. The Morgan fingerprint density at radius 3 is 2.96 bits per heavy atom. The molecule has 0 aromatic heterocycles. The minimum absolute atomic E-state index is 0.0130. The number of benzene rings is 1. The lowest BCUT2D eigenvalue weighted by Crippen LogP contribution is -2.44. The molecule has 3 rings (SSSR count). The minimum Gasteiger partial charge on any atom is -0.493 e. The van der Waals surface area contributed by atoms with Crippen molar-refractivity contribution in [1.82, 2.24) is 9.62 Å². The highest BCUT2D eigenvalue weighted by Crippen LogP contribution is 2.25. The average molecular weight is 366 g/mol. The van der Waals surface area contributed by atoms with Crippen LogP contribution in [0.15, 0.2) is 18.2 Å². The van der Waals surface area contributed by atoms with Gasteiger partial charge in [-0.3, -0.25) is 4.79 Å². The van der Waals surface area contributed by atoms with E-state index in [1.807, 2.05) is 12.1 Å². The van der Waals surface area contributed by atoms with Gasteiger partial charge in [0.1, 0.15) is 5.75 Å². The summed E-state index contributed by atoms with van der Waals surface area (Å²) in [6.07, 6.45) is 6.62. The van der Waals surface area contributed by atoms with Crippen molar-refractivity contribution in [3.63, 3.8) is 0 Å². The van der Waals surface area contributed by atoms with Crippen LogP contribution in [0.1, 0.15) is 48.0 Å². The molecule has 0 aliphatic carbocycles. The summed E-state index contributed by atoms with van der Waals surface area (Å²) in [5, 5.41) is 2.92. The third-order valence-corrected chi connectivity index (χ3v) is 6.27. The number of ether oxygens (including phenoxy) is 1. The van der Waals surface area contributed by atoms with Crippen LogP contribution in [0.5, 0.6) is 5.75 Å². The maximum atomic E-state index is 12.4. The number of fused-ring (bicyclic) bond motifs is 1. The Bertz CT molecular complexity index is 733. The van der Waals surface area contributed by atoms with Crippen molar-refractivity contribution >= 4 is 15.9 Å². The number of sulfonamides is 1. The van der Waals surface area contributed by atoms with Gasteiger partial charge in [0.2, 0.25) is 10.0 Å². The normalized spacial score (nSPS) is 21.2. The van der Waals surface area contributed by atoms with Gasteiger partial charge in [-0.2, -0.15) is 4.31 Å². The fraction of sp³-hybridized carbons (Fsp3) is 0.611. The van der Waals surface area contributed by atoms with Crippen LogP contribution < -0.4 is 10.1 Å². The van der Waals surface area contributed by atoms with E-state index in [-0.39, 0.29) is 11.9 Å². The number of aryl methyl sites for hydroxylation is 1. The summed E-state index contributed by atoms with van der Waals surface area (Å²) < 4.78 is 30.9. The van der Waals surface area contributed by atoms with E-state index in [1.165, 1.54) is 6.26 Å². The molecule has 2 aliphatic rings. The van der Waals surface area contributed by atoms with Gasteiger partial charge >= 0.3 is 0 Å². The molecule has 2 heterocycles. The third-order valence-electron chi connectivity index (χ3n) is 4.93. The topological polar surface area (TPSA) is 75.7 Å². The Labute approximate surface area is 149 Å². The SMILES string of the molecule is CS(=O)(=O)N1CCCC[C@@H]1CCNC(=O)c1ccc2c(c1)CCCO2. The second kappa shape index (κ2) is 7.74. The molecular weight excluding hydrogens is 340 g/mol. The van der Waals surface area contributed by atoms with Gasteiger partial charge in [-0.15, -0.1) is 0 Å². The van der Waals surface area contributed by atoms with Crippen LogP contribution in [-0.2, 0) is 16.4 Å². The van der Waals surface area contributed by atoms with Crippen LogP contribution in [0, 0.1) is 0 Å². The predicted molar refractivity (Wildman–Crippen MR) is 96.4 cm³/mol. The molecule has 7 heteroatoms. The summed E-state index contributed by atoms with van der Waals surface area (Å²) in [5.74, 6) is 0.754. The summed E-state index contributed by atoms with van der Waals surface area (Å²) in [5.41, 5.74) is 1.71.